The van der Waals surface area contributed by atoms with E-state index in [1.807, 2.05) is 13.1 Å². The normalized spacial score (nSPS) is 16.3. The minimum absolute atomic E-state index is 0.578. The maximum Gasteiger partial charge on any atom is 0.229 e. The molecule has 1 saturated heterocycles. The lowest BCUT2D eigenvalue weighted by atomic mass is 10.2. The summed E-state index contributed by atoms with van der Waals surface area (Å²) >= 11 is 0. The van der Waals surface area contributed by atoms with Crippen molar-refractivity contribution in [2.75, 3.05) is 60.2 Å². The van der Waals surface area contributed by atoms with Gasteiger partial charge in [0.05, 0.1) is 0 Å². The van der Waals surface area contributed by atoms with Crippen LogP contribution in [-0.2, 0) is 0 Å². The number of anilines is 6. The smallest absolute Gasteiger partial charge is 0.229 e. The topological polar surface area (TPSA) is 59.6 Å². The third-order valence-corrected chi connectivity index (χ3v) is 6.23. The number of aromatic nitrogens is 2. The highest BCUT2D eigenvalue weighted by Crippen LogP contribution is 2.26. The van der Waals surface area contributed by atoms with Gasteiger partial charge in [-0.15, -0.1) is 0 Å². The van der Waals surface area contributed by atoms with Gasteiger partial charge in [0.2, 0.25) is 5.95 Å². The first kappa shape index (κ1) is 21.3. The molecule has 1 fully saturated rings. The predicted molar refractivity (Wildman–Crippen MR) is 137 cm³/mol. The van der Waals surface area contributed by atoms with Crippen molar-refractivity contribution in [2.45, 2.75) is 13.3 Å². The first-order valence-electron chi connectivity index (χ1n) is 11.6. The Labute approximate surface area is 195 Å². The maximum absolute atomic E-state index is 4.73. The van der Waals surface area contributed by atoms with Gasteiger partial charge in [-0.05, 0) is 62.9 Å². The zero-order valence-corrected chi connectivity index (χ0v) is 19.3. The fourth-order valence-corrected chi connectivity index (χ4v) is 4.18. The summed E-state index contributed by atoms with van der Waals surface area (Å²) in [5.41, 5.74) is 5.42. The van der Waals surface area contributed by atoms with Gasteiger partial charge in [-0.2, -0.15) is 4.98 Å². The number of aryl methyl sites for hydroxylation is 1. The summed E-state index contributed by atoms with van der Waals surface area (Å²) < 4.78 is 0. The number of hydrogen-bond acceptors (Lipinski definition) is 7. The lowest BCUT2D eigenvalue weighted by Gasteiger charge is -2.34. The third kappa shape index (κ3) is 5.09. The molecule has 0 bridgehead atoms. The molecule has 0 saturated carbocycles. The lowest BCUT2D eigenvalue weighted by Crippen LogP contribution is -2.44. The minimum atomic E-state index is 0.578. The van der Waals surface area contributed by atoms with Crippen molar-refractivity contribution in [3.63, 3.8) is 0 Å². The van der Waals surface area contributed by atoms with Crippen LogP contribution < -0.4 is 20.4 Å². The largest absolute Gasteiger partial charge is 0.369 e. The summed E-state index contributed by atoms with van der Waals surface area (Å²) in [4.78, 5) is 16.3. The molecule has 0 unspecified atom stereocenters. The van der Waals surface area contributed by atoms with E-state index in [1.54, 1.807) is 0 Å². The quantitative estimate of drug-likeness (QED) is 0.573. The molecule has 170 valence electrons. The third-order valence-electron chi connectivity index (χ3n) is 6.23. The van der Waals surface area contributed by atoms with Gasteiger partial charge in [0.15, 0.2) is 0 Å². The van der Waals surface area contributed by atoms with Gasteiger partial charge < -0.3 is 25.3 Å². The molecule has 2 aliphatic rings. The fraction of sp³-hybridized carbons (Fsp3) is 0.308. The van der Waals surface area contributed by atoms with Crippen LogP contribution in [0.5, 0.6) is 0 Å². The first-order chi connectivity index (χ1) is 16.1. The molecule has 5 rings (SSSR count). The van der Waals surface area contributed by atoms with Crippen molar-refractivity contribution in [3.05, 3.63) is 72.6 Å². The van der Waals surface area contributed by atoms with Crippen LogP contribution in [0.2, 0.25) is 0 Å². The van der Waals surface area contributed by atoms with Crippen molar-refractivity contribution in [2.24, 2.45) is 0 Å². The molecular weight excluding hydrogens is 410 g/mol. The van der Waals surface area contributed by atoms with Crippen molar-refractivity contribution < 1.29 is 0 Å². The van der Waals surface area contributed by atoms with E-state index in [1.165, 1.54) is 11.4 Å². The number of likely N-dealkylation sites (N-methyl/N-ethyl adjacent to an activating group) is 1. The van der Waals surface area contributed by atoms with Crippen molar-refractivity contribution >= 4 is 34.5 Å². The molecular formula is C26H31N7. The standard InChI is InChI=1S/C26H31N7/c1-20-19-27-26(29-21-8-10-23(11-9-21)33-16-14-31(2)15-17-33)30-25(20)28-22-6-5-7-24(18-22)32-12-3-4-13-32/h3,5-12,18-19H,4,13-17H2,1-2H3,(H2,27,28,29,30). The summed E-state index contributed by atoms with van der Waals surface area (Å²) in [6.45, 7) is 7.38. The highest BCUT2D eigenvalue weighted by atomic mass is 15.2. The molecule has 33 heavy (non-hydrogen) atoms. The van der Waals surface area contributed by atoms with Crippen LogP contribution in [0.1, 0.15) is 12.0 Å². The van der Waals surface area contributed by atoms with Crippen molar-refractivity contribution in [1.82, 2.24) is 14.9 Å². The second-order valence-corrected chi connectivity index (χ2v) is 8.73. The molecule has 2 aromatic carbocycles. The van der Waals surface area contributed by atoms with E-state index in [4.69, 9.17) is 4.98 Å². The monoisotopic (exact) mass is 441 g/mol. The van der Waals surface area contributed by atoms with Gasteiger partial charge in [0.25, 0.3) is 0 Å². The fourth-order valence-electron chi connectivity index (χ4n) is 4.18. The Kier molecular flexibility index (Phi) is 6.13. The molecule has 0 radical (unpaired) electrons. The summed E-state index contributed by atoms with van der Waals surface area (Å²) in [6, 6.07) is 16.9. The number of nitrogens with zero attached hydrogens (tertiary/aromatic N) is 5. The summed E-state index contributed by atoms with van der Waals surface area (Å²) in [7, 11) is 2.18. The SMILES string of the molecule is Cc1cnc(Nc2ccc(N3CCN(C)CC3)cc2)nc1Nc1cccc(N2C=CCC2)c1. The van der Waals surface area contributed by atoms with E-state index in [0.717, 1.165) is 61.9 Å². The van der Waals surface area contributed by atoms with E-state index in [-0.39, 0.29) is 0 Å². The number of piperazine rings is 1. The Hall–Kier alpha value is -3.58. The van der Waals surface area contributed by atoms with E-state index in [9.17, 15) is 0 Å². The van der Waals surface area contributed by atoms with Crippen LogP contribution in [0.4, 0.5) is 34.5 Å². The zero-order valence-electron chi connectivity index (χ0n) is 19.3. The van der Waals surface area contributed by atoms with Gasteiger partial charge in [0, 0.05) is 73.4 Å². The Morgan fingerprint density at radius 3 is 2.42 bits per heavy atom. The van der Waals surface area contributed by atoms with Crippen LogP contribution >= 0.6 is 0 Å². The molecule has 0 atom stereocenters. The molecule has 1 aromatic heterocycles. The van der Waals surface area contributed by atoms with Crippen LogP contribution in [0, 0.1) is 6.92 Å². The zero-order chi connectivity index (χ0) is 22.6. The first-order valence-corrected chi connectivity index (χ1v) is 11.6. The van der Waals surface area contributed by atoms with Crippen molar-refractivity contribution in [1.29, 1.82) is 0 Å². The summed E-state index contributed by atoms with van der Waals surface area (Å²) in [5.74, 6) is 1.38. The van der Waals surface area contributed by atoms with E-state index >= 15 is 0 Å². The Morgan fingerprint density at radius 2 is 1.67 bits per heavy atom. The molecule has 7 heteroatoms. The second kappa shape index (κ2) is 9.50. The number of benzene rings is 2. The molecule has 2 N–H and O–H groups in total. The minimum Gasteiger partial charge on any atom is -0.369 e. The average Bonchev–Trinajstić information content (AvgIpc) is 3.38. The Balaban J connectivity index is 1.27. The average molecular weight is 442 g/mol. The van der Waals surface area contributed by atoms with Gasteiger partial charge in [-0.1, -0.05) is 12.1 Å². The van der Waals surface area contributed by atoms with E-state index in [2.05, 4.69) is 98.2 Å². The lowest BCUT2D eigenvalue weighted by molar-refractivity contribution is 0.313. The molecule has 0 spiro atoms. The van der Waals surface area contributed by atoms with Gasteiger partial charge in [-0.25, -0.2) is 4.98 Å². The van der Waals surface area contributed by atoms with E-state index < -0.39 is 0 Å². The molecule has 0 amide bonds. The van der Waals surface area contributed by atoms with Crippen LogP contribution in [-0.4, -0.2) is 54.6 Å². The van der Waals surface area contributed by atoms with Crippen LogP contribution in [0.25, 0.3) is 0 Å². The molecule has 3 aromatic rings. The molecule has 3 heterocycles. The summed E-state index contributed by atoms with van der Waals surface area (Å²) in [5, 5.41) is 6.81. The van der Waals surface area contributed by atoms with Gasteiger partial charge >= 0.3 is 0 Å². The Bertz CT molecular complexity index is 1120. The van der Waals surface area contributed by atoms with Crippen LogP contribution in [0.3, 0.4) is 0 Å². The predicted octanol–water partition coefficient (Wildman–Crippen LogP) is 4.75. The summed E-state index contributed by atoms with van der Waals surface area (Å²) in [6.07, 6.45) is 7.29. The number of rotatable bonds is 6. The van der Waals surface area contributed by atoms with E-state index in [0.29, 0.717) is 5.95 Å². The number of nitrogens with one attached hydrogen (secondary N) is 2. The van der Waals surface area contributed by atoms with Gasteiger partial charge in [0.1, 0.15) is 5.82 Å². The Morgan fingerprint density at radius 1 is 0.848 bits per heavy atom. The highest BCUT2D eigenvalue weighted by molar-refractivity contribution is 5.67. The maximum atomic E-state index is 4.73. The highest BCUT2D eigenvalue weighted by Gasteiger charge is 2.14. The van der Waals surface area contributed by atoms with Crippen LogP contribution in [0.15, 0.2) is 67.0 Å². The molecule has 0 aliphatic carbocycles. The number of hydrogen-bond donors (Lipinski definition) is 2. The molecule has 7 nitrogen and oxygen atoms in total. The molecule has 2 aliphatic heterocycles. The van der Waals surface area contributed by atoms with Gasteiger partial charge in [-0.3, -0.25) is 0 Å². The van der Waals surface area contributed by atoms with Crippen molar-refractivity contribution in [3.8, 4) is 0 Å². The second-order valence-electron chi connectivity index (χ2n) is 8.73.